The molecule has 0 atom stereocenters. The summed E-state index contributed by atoms with van der Waals surface area (Å²) >= 11 is 0. The third-order valence-electron chi connectivity index (χ3n) is 4.71. The molecule has 3 rings (SSSR count). The van der Waals surface area contributed by atoms with Crippen molar-refractivity contribution in [3.8, 4) is 16.9 Å². The minimum atomic E-state index is -4.92. The third-order valence-corrected chi connectivity index (χ3v) is 4.71. The predicted octanol–water partition coefficient (Wildman–Crippen LogP) is 7.67. The molecule has 0 N–H and O–H groups in total. The van der Waals surface area contributed by atoms with Crippen LogP contribution in [-0.2, 0) is 6.42 Å². The number of hydrogen-bond donors (Lipinski definition) is 0. The van der Waals surface area contributed by atoms with Gasteiger partial charge in [0.1, 0.15) is 0 Å². The van der Waals surface area contributed by atoms with Crippen molar-refractivity contribution >= 4 is 10.8 Å². The maximum Gasteiger partial charge on any atom is 0.573 e. The molecule has 1 nitrogen and oxygen atoms in total. The number of ether oxygens (including phenoxy) is 1. The molecule has 0 saturated carbocycles. The number of benzene rings is 3. The van der Waals surface area contributed by atoms with Crippen LogP contribution in [0.2, 0.25) is 0 Å². The zero-order valence-corrected chi connectivity index (χ0v) is 15.7. The van der Waals surface area contributed by atoms with Crippen LogP contribution in [-0.4, -0.2) is 6.36 Å². The van der Waals surface area contributed by atoms with Gasteiger partial charge in [-0.3, -0.25) is 0 Å². The van der Waals surface area contributed by atoms with E-state index in [4.69, 9.17) is 0 Å². The van der Waals surface area contributed by atoms with Gasteiger partial charge in [0.15, 0.2) is 11.6 Å². The van der Waals surface area contributed by atoms with Crippen molar-refractivity contribution in [2.24, 2.45) is 0 Å². The molecule has 0 spiro atoms. The summed E-state index contributed by atoms with van der Waals surface area (Å²) < 4.78 is 54.5. The molecule has 148 valence electrons. The Bertz CT molecular complexity index is 947. The monoisotopic (exact) mass is 390 g/mol. The Balaban J connectivity index is 1.79. The van der Waals surface area contributed by atoms with Crippen LogP contribution in [0.5, 0.6) is 5.75 Å². The van der Waals surface area contributed by atoms with Gasteiger partial charge in [-0.25, -0.2) is 4.39 Å². The largest absolute Gasteiger partial charge is 0.573 e. The van der Waals surface area contributed by atoms with E-state index >= 15 is 0 Å². The van der Waals surface area contributed by atoms with Crippen molar-refractivity contribution in [1.82, 2.24) is 0 Å². The summed E-state index contributed by atoms with van der Waals surface area (Å²) in [6.07, 6.45) is 0.990. The normalized spacial score (nSPS) is 11.8. The molecule has 0 fully saturated rings. The van der Waals surface area contributed by atoms with Gasteiger partial charge in [0, 0.05) is 0 Å². The molecule has 0 amide bonds. The molecule has 0 aromatic heterocycles. The van der Waals surface area contributed by atoms with E-state index < -0.39 is 17.9 Å². The SMILES string of the molecule is CCCCCCc1ccc2cc(-c3ccc(OC(F)(F)F)c(F)c3)ccc2c1. The van der Waals surface area contributed by atoms with Crippen molar-refractivity contribution < 1.29 is 22.3 Å². The molecule has 0 unspecified atom stereocenters. The predicted molar refractivity (Wildman–Crippen MR) is 104 cm³/mol. The van der Waals surface area contributed by atoms with E-state index in [1.165, 1.54) is 37.3 Å². The van der Waals surface area contributed by atoms with Crippen LogP contribution in [0.4, 0.5) is 17.6 Å². The van der Waals surface area contributed by atoms with E-state index in [0.29, 0.717) is 5.56 Å². The molecule has 28 heavy (non-hydrogen) atoms. The Labute approximate surface area is 162 Å². The van der Waals surface area contributed by atoms with Crippen molar-refractivity contribution in [3.63, 3.8) is 0 Å². The van der Waals surface area contributed by atoms with E-state index in [2.05, 4.69) is 23.8 Å². The first kappa shape index (κ1) is 20.2. The van der Waals surface area contributed by atoms with Gasteiger partial charge in [0.05, 0.1) is 0 Å². The molecule has 0 radical (unpaired) electrons. The van der Waals surface area contributed by atoms with Gasteiger partial charge < -0.3 is 4.74 Å². The zero-order valence-electron chi connectivity index (χ0n) is 15.7. The molecular weight excluding hydrogens is 368 g/mol. The molecule has 3 aromatic carbocycles. The number of unbranched alkanes of at least 4 members (excludes halogenated alkanes) is 3. The van der Waals surface area contributed by atoms with Crippen LogP contribution in [0, 0.1) is 5.82 Å². The Kier molecular flexibility index (Phi) is 6.22. The van der Waals surface area contributed by atoms with Crippen LogP contribution in [0.25, 0.3) is 21.9 Å². The molecule has 0 bridgehead atoms. The first-order valence-electron chi connectivity index (χ1n) is 9.44. The summed E-state index contributed by atoms with van der Waals surface area (Å²) in [7, 11) is 0. The second-order valence-electron chi connectivity index (χ2n) is 6.90. The second-order valence-corrected chi connectivity index (χ2v) is 6.90. The van der Waals surface area contributed by atoms with Gasteiger partial charge in [-0.15, -0.1) is 13.2 Å². The minimum absolute atomic E-state index is 0.498. The first-order valence-corrected chi connectivity index (χ1v) is 9.44. The van der Waals surface area contributed by atoms with Crippen molar-refractivity contribution in [1.29, 1.82) is 0 Å². The van der Waals surface area contributed by atoms with E-state index in [1.54, 1.807) is 0 Å². The standard InChI is InChI=1S/C23H22F4O/c1-2-3-4-5-6-16-7-8-18-14-19(10-9-17(18)13-16)20-11-12-22(21(24)15-20)28-23(25,26)27/h7-15H,2-6H2,1H3. The lowest BCUT2D eigenvalue weighted by molar-refractivity contribution is -0.275. The van der Waals surface area contributed by atoms with Crippen LogP contribution < -0.4 is 4.74 Å². The van der Waals surface area contributed by atoms with Crippen LogP contribution in [0.1, 0.15) is 38.2 Å². The summed E-state index contributed by atoms with van der Waals surface area (Å²) in [6.45, 7) is 2.19. The fourth-order valence-electron chi connectivity index (χ4n) is 3.27. The number of fused-ring (bicyclic) bond motifs is 1. The number of halogens is 4. The highest BCUT2D eigenvalue weighted by Crippen LogP contribution is 2.31. The highest BCUT2D eigenvalue weighted by Gasteiger charge is 2.32. The summed E-state index contributed by atoms with van der Waals surface area (Å²) in [5.41, 5.74) is 2.52. The van der Waals surface area contributed by atoms with Crippen molar-refractivity contribution in [3.05, 3.63) is 66.0 Å². The van der Waals surface area contributed by atoms with E-state index in [-0.39, 0.29) is 0 Å². The highest BCUT2D eigenvalue weighted by molar-refractivity contribution is 5.88. The maximum absolute atomic E-state index is 14.0. The zero-order chi connectivity index (χ0) is 20.1. The van der Waals surface area contributed by atoms with Gasteiger partial charge in [0.25, 0.3) is 0 Å². The van der Waals surface area contributed by atoms with Crippen LogP contribution in [0.15, 0.2) is 54.6 Å². The molecule has 0 aliphatic rings. The van der Waals surface area contributed by atoms with E-state index in [0.717, 1.165) is 34.9 Å². The van der Waals surface area contributed by atoms with E-state index in [9.17, 15) is 17.6 Å². The van der Waals surface area contributed by atoms with Crippen molar-refractivity contribution in [2.45, 2.75) is 45.4 Å². The lowest BCUT2D eigenvalue weighted by atomic mass is 9.98. The smallest absolute Gasteiger partial charge is 0.403 e. The Morgan fingerprint density at radius 3 is 2.18 bits per heavy atom. The molecule has 0 saturated heterocycles. The van der Waals surface area contributed by atoms with Gasteiger partial charge in [0.2, 0.25) is 0 Å². The summed E-state index contributed by atoms with van der Waals surface area (Å²) in [5.74, 6) is -1.87. The average Bonchev–Trinajstić information content (AvgIpc) is 2.65. The number of hydrogen-bond acceptors (Lipinski definition) is 1. The fourth-order valence-corrected chi connectivity index (χ4v) is 3.27. The quantitative estimate of drug-likeness (QED) is 0.297. The molecular formula is C23H22F4O. The molecule has 0 aliphatic carbocycles. The second kappa shape index (κ2) is 8.63. The molecule has 5 heteroatoms. The summed E-state index contributed by atoms with van der Waals surface area (Å²) in [6, 6.07) is 15.5. The Morgan fingerprint density at radius 1 is 0.786 bits per heavy atom. The third kappa shape index (κ3) is 5.24. The topological polar surface area (TPSA) is 9.23 Å². The first-order chi connectivity index (χ1) is 13.4. The highest BCUT2D eigenvalue weighted by atomic mass is 19.4. The van der Waals surface area contributed by atoms with Crippen LogP contribution >= 0.6 is 0 Å². The lowest BCUT2D eigenvalue weighted by Crippen LogP contribution is -2.17. The van der Waals surface area contributed by atoms with Gasteiger partial charge in [-0.2, -0.15) is 0 Å². The number of alkyl halides is 3. The van der Waals surface area contributed by atoms with Gasteiger partial charge in [-0.05, 0) is 58.5 Å². The average molecular weight is 390 g/mol. The maximum atomic E-state index is 14.0. The molecule has 0 heterocycles. The Morgan fingerprint density at radius 2 is 1.46 bits per heavy atom. The van der Waals surface area contributed by atoms with Crippen LogP contribution in [0.3, 0.4) is 0 Å². The Hall–Kier alpha value is -2.56. The van der Waals surface area contributed by atoms with E-state index in [1.807, 2.05) is 24.3 Å². The van der Waals surface area contributed by atoms with Gasteiger partial charge in [-0.1, -0.05) is 62.6 Å². The molecule has 3 aromatic rings. The fraction of sp³-hybridized carbons (Fsp3) is 0.304. The van der Waals surface area contributed by atoms with Crippen molar-refractivity contribution in [2.75, 3.05) is 0 Å². The molecule has 0 aliphatic heterocycles. The summed E-state index contributed by atoms with van der Waals surface area (Å²) in [5, 5.41) is 2.10. The van der Waals surface area contributed by atoms with Gasteiger partial charge >= 0.3 is 6.36 Å². The number of aryl methyl sites for hydroxylation is 1. The minimum Gasteiger partial charge on any atom is -0.403 e. The summed E-state index contributed by atoms with van der Waals surface area (Å²) in [4.78, 5) is 0. The number of rotatable bonds is 7. The lowest BCUT2D eigenvalue weighted by Gasteiger charge is -2.11.